The van der Waals surface area contributed by atoms with Crippen molar-refractivity contribution in [1.29, 1.82) is 0 Å². The fourth-order valence-corrected chi connectivity index (χ4v) is 3.48. The molecule has 0 atom stereocenters. The van der Waals surface area contributed by atoms with Crippen LogP contribution in [0.25, 0.3) is 10.9 Å². The molecule has 0 spiro atoms. The van der Waals surface area contributed by atoms with Gasteiger partial charge in [-0.05, 0) is 68.4 Å². The Morgan fingerprint density at radius 2 is 1.52 bits per heavy atom. The lowest BCUT2D eigenvalue weighted by Crippen LogP contribution is -2.41. The number of alkyl halides is 3. The summed E-state index contributed by atoms with van der Waals surface area (Å²) in [5.74, 6) is 0. The van der Waals surface area contributed by atoms with Crippen molar-refractivity contribution in [2.45, 2.75) is 51.6 Å². The predicted molar refractivity (Wildman–Crippen MR) is 108 cm³/mol. The van der Waals surface area contributed by atoms with E-state index in [1.165, 1.54) is 12.1 Å². The van der Waals surface area contributed by atoms with Crippen molar-refractivity contribution in [2.24, 2.45) is 0 Å². The van der Waals surface area contributed by atoms with E-state index in [-0.39, 0.29) is 0 Å². The third-order valence-corrected chi connectivity index (χ3v) is 5.95. The van der Waals surface area contributed by atoms with Gasteiger partial charge >= 0.3 is 13.3 Å². The van der Waals surface area contributed by atoms with Gasteiger partial charge in [-0.2, -0.15) is 13.2 Å². The Bertz CT molecular complexity index is 1020. The fraction of sp³-hybridized carbons (Fsp3) is 0.364. The molecule has 1 aliphatic rings. The molecule has 3 nitrogen and oxygen atoms in total. The molecule has 2 heterocycles. The van der Waals surface area contributed by atoms with Crippen molar-refractivity contribution < 1.29 is 22.5 Å². The summed E-state index contributed by atoms with van der Waals surface area (Å²) in [6, 6.07) is 13.3. The summed E-state index contributed by atoms with van der Waals surface area (Å²) in [4.78, 5) is 0. The van der Waals surface area contributed by atoms with Gasteiger partial charge in [0.15, 0.2) is 0 Å². The normalized spacial score (nSPS) is 18.5. The summed E-state index contributed by atoms with van der Waals surface area (Å²) in [6.45, 7) is 8.58. The number of nitrogens with zero attached hydrogens (tertiary/aromatic N) is 1. The summed E-state index contributed by atoms with van der Waals surface area (Å²) >= 11 is 0. The zero-order valence-electron chi connectivity index (χ0n) is 16.9. The minimum absolute atomic E-state index is 0.402. The number of hydrogen-bond donors (Lipinski definition) is 0. The van der Waals surface area contributed by atoms with Crippen LogP contribution in [0.3, 0.4) is 0 Å². The van der Waals surface area contributed by atoms with E-state index < -0.39 is 30.1 Å². The molecule has 1 aromatic heterocycles. The maximum absolute atomic E-state index is 12.7. The molecular formula is C22H23BF3NO2. The third kappa shape index (κ3) is 3.69. The predicted octanol–water partition coefficient (Wildman–Crippen LogP) is 5.01. The summed E-state index contributed by atoms with van der Waals surface area (Å²) in [6.07, 6.45) is -2.38. The van der Waals surface area contributed by atoms with Crippen LogP contribution in [0.15, 0.2) is 54.7 Å². The van der Waals surface area contributed by atoms with E-state index >= 15 is 0 Å². The minimum Gasteiger partial charge on any atom is -0.399 e. The minimum atomic E-state index is -4.32. The molecule has 29 heavy (non-hydrogen) atoms. The topological polar surface area (TPSA) is 23.4 Å². The van der Waals surface area contributed by atoms with Crippen LogP contribution in [0.4, 0.5) is 13.2 Å². The first kappa shape index (κ1) is 20.0. The fourth-order valence-electron chi connectivity index (χ4n) is 3.48. The highest BCUT2D eigenvalue weighted by Crippen LogP contribution is 2.36. The van der Waals surface area contributed by atoms with E-state index in [1.807, 2.05) is 62.7 Å². The first-order chi connectivity index (χ1) is 13.5. The summed E-state index contributed by atoms with van der Waals surface area (Å²) < 4.78 is 52.5. The molecule has 1 aliphatic heterocycles. The molecular weight excluding hydrogens is 378 g/mol. The first-order valence-corrected chi connectivity index (χ1v) is 9.57. The highest BCUT2D eigenvalue weighted by molar-refractivity contribution is 6.62. The number of halogens is 3. The van der Waals surface area contributed by atoms with Gasteiger partial charge in [0.05, 0.1) is 16.8 Å². The van der Waals surface area contributed by atoms with Crippen molar-refractivity contribution in [1.82, 2.24) is 4.57 Å². The molecule has 2 aromatic carbocycles. The summed E-state index contributed by atoms with van der Waals surface area (Å²) in [7, 11) is -0.428. The molecule has 1 saturated heterocycles. The van der Waals surface area contributed by atoms with Gasteiger partial charge < -0.3 is 13.9 Å². The number of rotatable bonds is 3. The van der Waals surface area contributed by atoms with Crippen LogP contribution < -0.4 is 5.46 Å². The summed E-state index contributed by atoms with van der Waals surface area (Å²) in [5, 5.41) is 1.03. The molecule has 0 bridgehead atoms. The average Bonchev–Trinajstić information content (AvgIpc) is 3.12. The Kier molecular flexibility index (Phi) is 4.59. The van der Waals surface area contributed by atoms with E-state index in [0.29, 0.717) is 6.54 Å². The zero-order chi connectivity index (χ0) is 21.0. The van der Waals surface area contributed by atoms with Gasteiger partial charge in [0.1, 0.15) is 0 Å². The largest absolute Gasteiger partial charge is 0.494 e. The van der Waals surface area contributed by atoms with Crippen molar-refractivity contribution in [2.75, 3.05) is 0 Å². The number of benzene rings is 2. The smallest absolute Gasteiger partial charge is 0.399 e. The maximum Gasteiger partial charge on any atom is 0.494 e. The molecule has 0 saturated carbocycles. The number of hydrogen-bond acceptors (Lipinski definition) is 2. The second kappa shape index (κ2) is 6.64. The molecule has 1 fully saturated rings. The lowest BCUT2D eigenvalue weighted by molar-refractivity contribution is -0.137. The van der Waals surface area contributed by atoms with Gasteiger partial charge in [0.25, 0.3) is 0 Å². The van der Waals surface area contributed by atoms with Crippen LogP contribution in [0.5, 0.6) is 0 Å². The molecule has 152 valence electrons. The lowest BCUT2D eigenvalue weighted by atomic mass is 9.78. The first-order valence-electron chi connectivity index (χ1n) is 9.57. The Morgan fingerprint density at radius 1 is 0.897 bits per heavy atom. The molecule has 0 radical (unpaired) electrons. The highest BCUT2D eigenvalue weighted by atomic mass is 19.4. The van der Waals surface area contributed by atoms with E-state index in [0.717, 1.165) is 34.1 Å². The molecule has 7 heteroatoms. The Hall–Kier alpha value is -2.25. The Morgan fingerprint density at radius 3 is 2.10 bits per heavy atom. The standard InChI is InChI=1S/C22H23BF3NO2/c1-20(2)21(3,4)29-23(28-20)18-9-10-19-16(13-18)11-12-27(19)14-15-5-7-17(8-6-15)22(24,25)26/h5-13H,14H2,1-4H3. The Balaban J connectivity index is 1.56. The van der Waals surface area contributed by atoms with Gasteiger partial charge in [0, 0.05) is 18.3 Å². The highest BCUT2D eigenvalue weighted by Gasteiger charge is 2.51. The number of fused-ring (bicyclic) bond motifs is 1. The van der Waals surface area contributed by atoms with E-state index in [4.69, 9.17) is 9.31 Å². The second-order valence-electron chi connectivity index (χ2n) is 8.54. The molecule has 4 rings (SSSR count). The Labute approximate surface area is 168 Å². The molecule has 3 aromatic rings. The lowest BCUT2D eigenvalue weighted by Gasteiger charge is -2.32. The van der Waals surface area contributed by atoms with E-state index in [9.17, 15) is 13.2 Å². The van der Waals surface area contributed by atoms with Crippen molar-refractivity contribution in [3.05, 3.63) is 65.9 Å². The molecule has 0 N–H and O–H groups in total. The van der Waals surface area contributed by atoms with Crippen molar-refractivity contribution >= 4 is 23.5 Å². The average molecular weight is 401 g/mol. The van der Waals surface area contributed by atoms with E-state index in [2.05, 4.69) is 0 Å². The van der Waals surface area contributed by atoms with Gasteiger partial charge in [-0.15, -0.1) is 0 Å². The van der Waals surface area contributed by atoms with Crippen LogP contribution in [-0.2, 0) is 22.0 Å². The monoisotopic (exact) mass is 401 g/mol. The van der Waals surface area contributed by atoms with Crippen LogP contribution in [0.1, 0.15) is 38.8 Å². The van der Waals surface area contributed by atoms with Crippen molar-refractivity contribution in [3.63, 3.8) is 0 Å². The molecule has 0 aliphatic carbocycles. The second-order valence-corrected chi connectivity index (χ2v) is 8.54. The van der Waals surface area contributed by atoms with Crippen LogP contribution in [-0.4, -0.2) is 22.9 Å². The van der Waals surface area contributed by atoms with Gasteiger partial charge in [-0.3, -0.25) is 0 Å². The third-order valence-electron chi connectivity index (χ3n) is 5.95. The van der Waals surface area contributed by atoms with Crippen molar-refractivity contribution in [3.8, 4) is 0 Å². The van der Waals surface area contributed by atoms with E-state index in [1.54, 1.807) is 0 Å². The van der Waals surface area contributed by atoms with Crippen LogP contribution >= 0.6 is 0 Å². The van der Waals surface area contributed by atoms with Gasteiger partial charge in [-0.1, -0.05) is 24.3 Å². The van der Waals surface area contributed by atoms with Gasteiger partial charge in [0.2, 0.25) is 0 Å². The summed E-state index contributed by atoms with van der Waals surface area (Å²) in [5.41, 5.74) is 1.33. The zero-order valence-corrected chi connectivity index (χ0v) is 16.9. The van der Waals surface area contributed by atoms with Gasteiger partial charge in [-0.25, -0.2) is 0 Å². The van der Waals surface area contributed by atoms with Crippen LogP contribution in [0, 0.1) is 0 Å². The quantitative estimate of drug-likeness (QED) is 0.577. The maximum atomic E-state index is 12.7. The molecule has 0 unspecified atom stereocenters. The molecule has 0 amide bonds. The number of aromatic nitrogens is 1. The SMILES string of the molecule is CC1(C)OB(c2ccc3c(ccn3Cc3ccc(C(F)(F)F)cc3)c2)OC1(C)C. The van der Waals surface area contributed by atoms with Crippen LogP contribution in [0.2, 0.25) is 0 Å².